The average Bonchev–Trinajstić information content (AvgIpc) is 2.49. The second-order valence-corrected chi connectivity index (χ2v) is 6.15. The summed E-state index contributed by atoms with van der Waals surface area (Å²) in [5.74, 6) is 5.35. The summed E-state index contributed by atoms with van der Waals surface area (Å²) in [4.78, 5) is 23.6. The van der Waals surface area contributed by atoms with Crippen LogP contribution in [0.4, 0.5) is 10.5 Å². The van der Waals surface area contributed by atoms with Crippen LogP contribution in [0.1, 0.15) is 39.2 Å². The number of hydrogen-bond acceptors (Lipinski definition) is 5. The molecule has 1 amide bonds. The van der Waals surface area contributed by atoms with Crippen LogP contribution in [-0.2, 0) is 14.3 Å². The summed E-state index contributed by atoms with van der Waals surface area (Å²) in [6, 6.07) is 6.46. The molecule has 1 atom stereocenters. The first-order valence-electron chi connectivity index (χ1n) is 7.63. The van der Waals surface area contributed by atoms with E-state index in [4.69, 9.17) is 15.2 Å². The molecule has 0 spiro atoms. The summed E-state index contributed by atoms with van der Waals surface area (Å²) in [5.41, 5.74) is 6.49. The molecule has 0 aliphatic heterocycles. The molecule has 6 nitrogen and oxygen atoms in total. The second-order valence-electron chi connectivity index (χ2n) is 6.15. The van der Waals surface area contributed by atoms with Gasteiger partial charge in [0.25, 0.3) is 0 Å². The Morgan fingerprint density at radius 2 is 1.96 bits per heavy atom. The van der Waals surface area contributed by atoms with Gasteiger partial charge in [0.2, 0.25) is 0 Å². The van der Waals surface area contributed by atoms with Gasteiger partial charge >= 0.3 is 12.1 Å². The molecule has 0 unspecified atom stereocenters. The van der Waals surface area contributed by atoms with Crippen molar-refractivity contribution in [3.05, 3.63) is 29.8 Å². The number of para-hydroxylation sites is 1. The number of carbonyl (C=O) groups excluding carboxylic acids is 2. The molecule has 0 bridgehead atoms. The highest BCUT2D eigenvalue weighted by atomic mass is 16.6. The molecule has 0 aromatic heterocycles. The number of methoxy groups -OCH3 is 1. The van der Waals surface area contributed by atoms with Crippen molar-refractivity contribution in [2.45, 2.75) is 45.3 Å². The Kier molecular flexibility index (Phi) is 7.12. The Morgan fingerprint density at radius 3 is 2.54 bits per heavy atom. The first-order chi connectivity index (χ1) is 11.2. The predicted molar refractivity (Wildman–Crippen MR) is 92.1 cm³/mol. The highest BCUT2D eigenvalue weighted by Gasteiger charge is 2.24. The maximum absolute atomic E-state index is 11.8. The zero-order valence-corrected chi connectivity index (χ0v) is 14.5. The van der Waals surface area contributed by atoms with Crippen LogP contribution in [0.15, 0.2) is 24.3 Å². The number of esters is 1. The molecule has 1 aromatic rings. The van der Waals surface area contributed by atoms with Gasteiger partial charge in [0.15, 0.2) is 0 Å². The van der Waals surface area contributed by atoms with E-state index in [2.05, 4.69) is 17.2 Å². The summed E-state index contributed by atoms with van der Waals surface area (Å²) in [6.45, 7) is 5.24. The lowest BCUT2D eigenvalue weighted by atomic mass is 10.1. The van der Waals surface area contributed by atoms with Crippen LogP contribution in [0, 0.1) is 11.8 Å². The number of nitrogens with one attached hydrogen (secondary N) is 1. The maximum atomic E-state index is 11.8. The molecule has 130 valence electrons. The molecule has 0 aliphatic carbocycles. The lowest BCUT2D eigenvalue weighted by Crippen LogP contribution is -2.43. The standard InChI is InChI=1S/C18H24N2O4/c1-18(2,3)24-17(22)20-15(16(21)23-4)12-8-6-10-13-9-5-7-11-14(13)19/h5,7,9,11,15H,8,12,19H2,1-4H3,(H,20,22)/t15-/m0/s1. The first-order valence-corrected chi connectivity index (χ1v) is 7.63. The zero-order chi connectivity index (χ0) is 18.2. The first kappa shape index (κ1) is 19.4. The largest absolute Gasteiger partial charge is 0.467 e. The number of rotatable bonds is 4. The number of nitrogens with two attached hydrogens (primary N) is 1. The van der Waals surface area contributed by atoms with Gasteiger partial charge in [-0.1, -0.05) is 24.0 Å². The number of alkyl carbamates (subject to hydrolysis) is 1. The molecular weight excluding hydrogens is 308 g/mol. The van der Waals surface area contributed by atoms with Crippen molar-refractivity contribution in [3.63, 3.8) is 0 Å². The Labute approximate surface area is 142 Å². The van der Waals surface area contributed by atoms with E-state index in [1.165, 1.54) is 7.11 Å². The van der Waals surface area contributed by atoms with E-state index in [1.54, 1.807) is 26.8 Å². The minimum absolute atomic E-state index is 0.311. The van der Waals surface area contributed by atoms with Gasteiger partial charge in [-0.15, -0.1) is 0 Å². The lowest BCUT2D eigenvalue weighted by Gasteiger charge is -2.22. The van der Waals surface area contributed by atoms with Crippen molar-refractivity contribution in [2.24, 2.45) is 0 Å². The molecule has 0 saturated carbocycles. The Bertz CT molecular complexity index is 638. The monoisotopic (exact) mass is 332 g/mol. The molecule has 24 heavy (non-hydrogen) atoms. The van der Waals surface area contributed by atoms with Crippen LogP contribution in [0.2, 0.25) is 0 Å². The zero-order valence-electron chi connectivity index (χ0n) is 14.5. The number of anilines is 1. The van der Waals surface area contributed by atoms with Gasteiger partial charge < -0.3 is 20.5 Å². The molecular formula is C18H24N2O4. The molecule has 1 aromatic carbocycles. The van der Waals surface area contributed by atoms with Crippen molar-refractivity contribution >= 4 is 17.7 Å². The Balaban J connectivity index is 2.63. The SMILES string of the molecule is COC(=O)[C@H](CCC#Cc1ccccc1N)NC(=O)OC(C)(C)C. The normalized spacial score (nSPS) is 11.7. The van der Waals surface area contributed by atoms with E-state index >= 15 is 0 Å². The average molecular weight is 332 g/mol. The van der Waals surface area contributed by atoms with Crippen molar-refractivity contribution in [3.8, 4) is 11.8 Å². The van der Waals surface area contributed by atoms with E-state index in [0.29, 0.717) is 18.5 Å². The molecule has 0 heterocycles. The van der Waals surface area contributed by atoms with Crippen LogP contribution in [0.3, 0.4) is 0 Å². The summed E-state index contributed by atoms with van der Waals surface area (Å²) in [6.07, 6.45) is 0.0356. The number of nitrogen functional groups attached to an aromatic ring is 1. The van der Waals surface area contributed by atoms with Gasteiger partial charge in [0, 0.05) is 17.7 Å². The minimum Gasteiger partial charge on any atom is -0.467 e. The van der Waals surface area contributed by atoms with Crippen molar-refractivity contribution in [1.82, 2.24) is 5.32 Å². The quantitative estimate of drug-likeness (QED) is 0.502. The van der Waals surface area contributed by atoms with E-state index in [9.17, 15) is 9.59 Å². The van der Waals surface area contributed by atoms with E-state index < -0.39 is 23.7 Å². The molecule has 0 radical (unpaired) electrons. The summed E-state index contributed by atoms with van der Waals surface area (Å²) >= 11 is 0. The minimum atomic E-state index is -0.813. The summed E-state index contributed by atoms with van der Waals surface area (Å²) in [7, 11) is 1.27. The van der Waals surface area contributed by atoms with Crippen LogP contribution in [0.25, 0.3) is 0 Å². The van der Waals surface area contributed by atoms with Gasteiger partial charge in [-0.3, -0.25) is 0 Å². The van der Waals surface area contributed by atoms with Gasteiger partial charge in [-0.05, 0) is 39.3 Å². The highest BCUT2D eigenvalue weighted by Crippen LogP contribution is 2.10. The van der Waals surface area contributed by atoms with Gasteiger partial charge in [-0.2, -0.15) is 0 Å². The second kappa shape index (κ2) is 8.82. The fourth-order valence-electron chi connectivity index (χ4n) is 1.83. The molecule has 0 aliphatic rings. The maximum Gasteiger partial charge on any atom is 0.408 e. The van der Waals surface area contributed by atoms with E-state index in [-0.39, 0.29) is 0 Å². The molecule has 3 N–H and O–H groups in total. The van der Waals surface area contributed by atoms with Crippen LogP contribution < -0.4 is 11.1 Å². The fourth-order valence-corrected chi connectivity index (χ4v) is 1.83. The highest BCUT2D eigenvalue weighted by molar-refractivity contribution is 5.81. The summed E-state index contributed by atoms with van der Waals surface area (Å²) in [5, 5.41) is 2.51. The molecule has 1 rings (SSSR count). The lowest BCUT2D eigenvalue weighted by molar-refractivity contribution is -0.143. The number of hydrogen-bond donors (Lipinski definition) is 2. The Hall–Kier alpha value is -2.68. The third-order valence-corrected chi connectivity index (χ3v) is 2.92. The van der Waals surface area contributed by atoms with Gasteiger partial charge in [-0.25, -0.2) is 9.59 Å². The van der Waals surface area contributed by atoms with Crippen LogP contribution in [0.5, 0.6) is 0 Å². The summed E-state index contributed by atoms with van der Waals surface area (Å²) < 4.78 is 9.84. The van der Waals surface area contributed by atoms with Gasteiger partial charge in [0.05, 0.1) is 7.11 Å². The van der Waals surface area contributed by atoms with Crippen LogP contribution in [-0.4, -0.2) is 30.8 Å². The molecule has 6 heteroatoms. The van der Waals surface area contributed by atoms with Crippen molar-refractivity contribution in [1.29, 1.82) is 0 Å². The number of ether oxygens (including phenoxy) is 2. The smallest absolute Gasteiger partial charge is 0.408 e. The predicted octanol–water partition coefficient (Wildman–Crippen LogP) is 2.47. The topological polar surface area (TPSA) is 90.6 Å². The number of benzene rings is 1. The Morgan fingerprint density at radius 1 is 1.29 bits per heavy atom. The fraction of sp³-hybridized carbons (Fsp3) is 0.444. The van der Waals surface area contributed by atoms with Crippen molar-refractivity contribution in [2.75, 3.05) is 12.8 Å². The molecule has 0 fully saturated rings. The molecule has 0 saturated heterocycles. The van der Waals surface area contributed by atoms with Gasteiger partial charge in [0.1, 0.15) is 11.6 Å². The third-order valence-electron chi connectivity index (χ3n) is 2.92. The van der Waals surface area contributed by atoms with Crippen molar-refractivity contribution < 1.29 is 19.1 Å². The van der Waals surface area contributed by atoms with Crippen LogP contribution >= 0.6 is 0 Å². The van der Waals surface area contributed by atoms with E-state index in [0.717, 1.165) is 5.56 Å². The number of amides is 1. The third kappa shape index (κ3) is 7.05. The number of carbonyl (C=O) groups is 2. The van der Waals surface area contributed by atoms with E-state index in [1.807, 2.05) is 18.2 Å².